The number of amides is 1. The molecular weight excluding hydrogens is 358 g/mol. The second-order valence-electron chi connectivity index (χ2n) is 6.31. The fourth-order valence-electron chi connectivity index (χ4n) is 3.09. The standard InChI is InChI=1S/C20H21N5OS/c26-19(25-12-10-24(11-13-25)18-8-4-5-9-21-18)15-27-20-22-14-17(23-20)16-6-2-1-3-7-16/h1-9,14H,10-13,15H2,(H,22,23). The van der Waals surface area contributed by atoms with Crippen molar-refractivity contribution in [2.24, 2.45) is 0 Å². The molecule has 1 amide bonds. The predicted octanol–water partition coefficient (Wildman–Crippen LogP) is 2.91. The van der Waals surface area contributed by atoms with E-state index >= 15 is 0 Å². The summed E-state index contributed by atoms with van der Waals surface area (Å²) in [6.07, 6.45) is 3.62. The average Bonchev–Trinajstić information content (AvgIpc) is 3.22. The molecule has 0 bridgehead atoms. The third kappa shape index (κ3) is 4.31. The molecule has 0 radical (unpaired) electrons. The first kappa shape index (κ1) is 17.6. The Morgan fingerprint density at radius 3 is 2.52 bits per heavy atom. The fraction of sp³-hybridized carbons (Fsp3) is 0.250. The van der Waals surface area contributed by atoms with Gasteiger partial charge >= 0.3 is 0 Å². The number of hydrogen-bond donors (Lipinski definition) is 1. The second kappa shape index (κ2) is 8.26. The number of anilines is 1. The zero-order chi connectivity index (χ0) is 18.5. The van der Waals surface area contributed by atoms with Crippen LogP contribution in [0.4, 0.5) is 5.82 Å². The van der Waals surface area contributed by atoms with E-state index in [-0.39, 0.29) is 5.91 Å². The summed E-state index contributed by atoms with van der Waals surface area (Å²) in [5, 5.41) is 0.773. The number of aromatic amines is 1. The van der Waals surface area contributed by atoms with Crippen LogP contribution in [0.5, 0.6) is 0 Å². The van der Waals surface area contributed by atoms with Gasteiger partial charge in [-0.15, -0.1) is 0 Å². The molecule has 4 rings (SSSR count). The summed E-state index contributed by atoms with van der Waals surface area (Å²) in [5.41, 5.74) is 2.06. The van der Waals surface area contributed by atoms with Crippen molar-refractivity contribution in [3.8, 4) is 11.3 Å². The van der Waals surface area contributed by atoms with E-state index in [4.69, 9.17) is 0 Å². The molecule has 6 nitrogen and oxygen atoms in total. The molecule has 1 saturated heterocycles. The SMILES string of the molecule is O=C(CSc1ncc(-c2ccccc2)[nH]1)N1CCN(c2ccccn2)CC1. The van der Waals surface area contributed by atoms with Gasteiger partial charge in [0.15, 0.2) is 5.16 Å². The smallest absolute Gasteiger partial charge is 0.233 e. The van der Waals surface area contributed by atoms with Crippen LogP contribution in [0.25, 0.3) is 11.3 Å². The molecule has 138 valence electrons. The lowest BCUT2D eigenvalue weighted by Crippen LogP contribution is -2.49. The van der Waals surface area contributed by atoms with Gasteiger partial charge < -0.3 is 14.8 Å². The number of hydrogen-bond acceptors (Lipinski definition) is 5. The molecule has 3 heterocycles. The lowest BCUT2D eigenvalue weighted by atomic mass is 10.2. The van der Waals surface area contributed by atoms with Crippen LogP contribution < -0.4 is 4.90 Å². The minimum absolute atomic E-state index is 0.151. The topological polar surface area (TPSA) is 65.1 Å². The highest BCUT2D eigenvalue weighted by Gasteiger charge is 2.22. The Hall–Kier alpha value is -2.80. The quantitative estimate of drug-likeness (QED) is 0.691. The zero-order valence-corrected chi connectivity index (χ0v) is 15.7. The number of H-pyrrole nitrogens is 1. The highest BCUT2D eigenvalue weighted by atomic mass is 32.2. The summed E-state index contributed by atoms with van der Waals surface area (Å²) >= 11 is 1.45. The van der Waals surface area contributed by atoms with E-state index in [0.717, 1.165) is 48.4 Å². The maximum atomic E-state index is 12.5. The van der Waals surface area contributed by atoms with Crippen LogP contribution >= 0.6 is 11.8 Å². The summed E-state index contributed by atoms with van der Waals surface area (Å²) < 4.78 is 0. The Kier molecular flexibility index (Phi) is 5.39. The second-order valence-corrected chi connectivity index (χ2v) is 7.28. The van der Waals surface area contributed by atoms with Crippen LogP contribution in [-0.4, -0.2) is 57.7 Å². The number of thioether (sulfide) groups is 1. The molecule has 1 N–H and O–H groups in total. The molecule has 1 aliphatic rings. The van der Waals surface area contributed by atoms with Crippen LogP contribution in [0.15, 0.2) is 66.1 Å². The Morgan fingerprint density at radius 2 is 1.78 bits per heavy atom. The monoisotopic (exact) mass is 379 g/mol. The third-order valence-electron chi connectivity index (χ3n) is 4.58. The maximum Gasteiger partial charge on any atom is 0.233 e. The summed E-state index contributed by atoms with van der Waals surface area (Å²) in [6.45, 7) is 3.07. The summed E-state index contributed by atoms with van der Waals surface area (Å²) in [5.74, 6) is 1.52. The number of aromatic nitrogens is 3. The van der Waals surface area contributed by atoms with Crippen LogP contribution in [0.3, 0.4) is 0 Å². The van der Waals surface area contributed by atoms with Crippen molar-refractivity contribution in [3.05, 3.63) is 60.9 Å². The molecule has 1 fully saturated rings. The Labute approximate surface area is 162 Å². The van der Waals surface area contributed by atoms with Crippen molar-refractivity contribution >= 4 is 23.5 Å². The predicted molar refractivity (Wildman–Crippen MR) is 108 cm³/mol. The van der Waals surface area contributed by atoms with Crippen molar-refractivity contribution in [2.45, 2.75) is 5.16 Å². The molecule has 0 unspecified atom stereocenters. The number of imidazole rings is 1. The molecule has 27 heavy (non-hydrogen) atoms. The molecule has 1 aromatic carbocycles. The summed E-state index contributed by atoms with van der Waals surface area (Å²) in [4.78, 5) is 28.7. The minimum Gasteiger partial charge on any atom is -0.353 e. The van der Waals surface area contributed by atoms with Gasteiger partial charge in [0, 0.05) is 32.4 Å². The number of pyridine rings is 1. The molecule has 7 heteroatoms. The van der Waals surface area contributed by atoms with Gasteiger partial charge in [-0.05, 0) is 17.7 Å². The fourth-order valence-corrected chi connectivity index (χ4v) is 3.84. The van der Waals surface area contributed by atoms with Crippen molar-refractivity contribution in [1.82, 2.24) is 19.9 Å². The van der Waals surface area contributed by atoms with E-state index in [9.17, 15) is 4.79 Å². The molecule has 3 aromatic rings. The lowest BCUT2D eigenvalue weighted by Gasteiger charge is -2.35. The molecular formula is C20H21N5OS. The lowest BCUT2D eigenvalue weighted by molar-refractivity contribution is -0.128. The van der Waals surface area contributed by atoms with E-state index < -0.39 is 0 Å². The number of carbonyl (C=O) groups is 1. The molecule has 0 saturated carbocycles. The van der Waals surface area contributed by atoms with E-state index in [0.29, 0.717) is 5.75 Å². The highest BCUT2D eigenvalue weighted by Crippen LogP contribution is 2.21. The van der Waals surface area contributed by atoms with E-state index in [1.54, 1.807) is 6.20 Å². The zero-order valence-electron chi connectivity index (χ0n) is 14.9. The number of rotatable bonds is 5. The normalized spacial score (nSPS) is 14.4. The number of nitrogens with one attached hydrogen (secondary N) is 1. The Morgan fingerprint density at radius 1 is 1.00 bits per heavy atom. The number of carbonyl (C=O) groups excluding carboxylic acids is 1. The van der Waals surface area contributed by atoms with E-state index in [1.165, 1.54) is 11.8 Å². The first-order valence-corrected chi connectivity index (χ1v) is 9.95. The highest BCUT2D eigenvalue weighted by molar-refractivity contribution is 7.99. The van der Waals surface area contributed by atoms with Gasteiger partial charge in [-0.25, -0.2) is 9.97 Å². The van der Waals surface area contributed by atoms with Crippen LogP contribution in [0, 0.1) is 0 Å². The van der Waals surface area contributed by atoms with E-state index in [2.05, 4.69) is 19.9 Å². The largest absolute Gasteiger partial charge is 0.353 e. The van der Waals surface area contributed by atoms with Gasteiger partial charge in [0.2, 0.25) is 5.91 Å². The average molecular weight is 379 g/mol. The molecule has 0 atom stereocenters. The first-order chi connectivity index (χ1) is 13.3. The van der Waals surface area contributed by atoms with Crippen LogP contribution in [-0.2, 0) is 4.79 Å². The van der Waals surface area contributed by atoms with Gasteiger partial charge in [0.1, 0.15) is 5.82 Å². The number of nitrogens with zero attached hydrogens (tertiary/aromatic N) is 4. The number of benzene rings is 1. The van der Waals surface area contributed by atoms with Crippen molar-refractivity contribution in [3.63, 3.8) is 0 Å². The molecule has 1 aliphatic heterocycles. The minimum atomic E-state index is 0.151. The Bertz CT molecular complexity index is 876. The summed E-state index contributed by atoms with van der Waals surface area (Å²) in [6, 6.07) is 16.0. The Balaban J connectivity index is 1.27. The maximum absolute atomic E-state index is 12.5. The van der Waals surface area contributed by atoms with Gasteiger partial charge in [0.25, 0.3) is 0 Å². The van der Waals surface area contributed by atoms with Crippen molar-refractivity contribution in [1.29, 1.82) is 0 Å². The van der Waals surface area contributed by atoms with Crippen molar-refractivity contribution in [2.75, 3.05) is 36.8 Å². The van der Waals surface area contributed by atoms with Gasteiger partial charge in [-0.3, -0.25) is 4.79 Å². The van der Waals surface area contributed by atoms with E-state index in [1.807, 2.05) is 59.6 Å². The van der Waals surface area contributed by atoms with Gasteiger partial charge in [-0.2, -0.15) is 0 Å². The van der Waals surface area contributed by atoms with Crippen molar-refractivity contribution < 1.29 is 4.79 Å². The van der Waals surface area contributed by atoms with Crippen LogP contribution in [0.1, 0.15) is 0 Å². The number of piperazine rings is 1. The van der Waals surface area contributed by atoms with Gasteiger partial charge in [-0.1, -0.05) is 48.2 Å². The molecule has 0 spiro atoms. The first-order valence-electron chi connectivity index (χ1n) is 8.96. The van der Waals surface area contributed by atoms with Crippen LogP contribution in [0.2, 0.25) is 0 Å². The third-order valence-corrected chi connectivity index (χ3v) is 5.45. The molecule has 2 aromatic heterocycles. The summed E-state index contributed by atoms with van der Waals surface area (Å²) in [7, 11) is 0. The van der Waals surface area contributed by atoms with Gasteiger partial charge in [0.05, 0.1) is 17.6 Å². The molecule has 0 aliphatic carbocycles.